The second-order valence-electron chi connectivity index (χ2n) is 8.08. The molecule has 1 fully saturated rings. The van der Waals surface area contributed by atoms with E-state index in [1.807, 2.05) is 19.9 Å². The summed E-state index contributed by atoms with van der Waals surface area (Å²) >= 11 is 0. The maximum Gasteiger partial charge on any atom is 0.563 e. The van der Waals surface area contributed by atoms with Crippen LogP contribution in [-0.2, 0) is 9.31 Å². The van der Waals surface area contributed by atoms with Gasteiger partial charge >= 0.3 is 7.12 Å². The lowest BCUT2D eigenvalue weighted by molar-refractivity contribution is 0.173. The molecule has 0 radical (unpaired) electrons. The van der Waals surface area contributed by atoms with E-state index < -0.39 is 12.7 Å². The number of nitrogens with zero attached hydrogens (tertiary/aromatic N) is 2. The van der Waals surface area contributed by atoms with E-state index in [2.05, 4.69) is 71.6 Å². The van der Waals surface area contributed by atoms with E-state index >= 15 is 0 Å². The van der Waals surface area contributed by atoms with E-state index in [0.717, 1.165) is 33.0 Å². The van der Waals surface area contributed by atoms with Gasteiger partial charge in [-0.3, -0.25) is 4.40 Å². The quantitative estimate of drug-likeness (QED) is 0.310. The molecule has 2 aromatic heterocycles. The van der Waals surface area contributed by atoms with Crippen molar-refractivity contribution in [3.05, 3.63) is 79.1 Å². The van der Waals surface area contributed by atoms with Crippen molar-refractivity contribution >= 4 is 50.9 Å². The van der Waals surface area contributed by atoms with Gasteiger partial charge in [0.25, 0.3) is 0 Å². The molecule has 0 unspecified atom stereocenters. The Kier molecular flexibility index (Phi) is 3.22. The highest BCUT2D eigenvalue weighted by Gasteiger charge is 2.42. The molecule has 0 spiro atoms. The molecule has 29 heavy (non-hydrogen) atoms. The van der Waals surface area contributed by atoms with Gasteiger partial charge in [-0.25, -0.2) is 4.98 Å². The highest BCUT2D eigenvalue weighted by Crippen LogP contribution is 2.33. The third-order valence-electron chi connectivity index (χ3n) is 5.88. The van der Waals surface area contributed by atoms with Crippen LogP contribution in [0, 0.1) is 0 Å². The number of imidazole rings is 1. The molecular formula is C24H19BN2O2. The molecule has 0 bridgehead atoms. The number of hydrogen-bond donors (Lipinski definition) is 0. The number of benzene rings is 3. The standard InChI is InChI=1S/C24H19BN2O2/c1-15-24(2,3)29-25(28-15)16-12-13-17-18-8-4-6-10-21(18)27-22-11-7-5-9-20(22)26-23(27)19(17)14-16/h4-14H,1H2,2-3H3. The maximum absolute atomic E-state index is 6.11. The van der Waals surface area contributed by atoms with Crippen LogP contribution in [0.2, 0.25) is 0 Å². The van der Waals surface area contributed by atoms with E-state index in [1.165, 1.54) is 10.8 Å². The molecular weight excluding hydrogens is 359 g/mol. The van der Waals surface area contributed by atoms with Gasteiger partial charge < -0.3 is 9.31 Å². The Morgan fingerprint density at radius 2 is 1.66 bits per heavy atom. The first kappa shape index (κ1) is 16.6. The van der Waals surface area contributed by atoms with Crippen LogP contribution in [0.15, 0.2) is 79.1 Å². The number of hydrogen-bond acceptors (Lipinski definition) is 3. The predicted molar refractivity (Wildman–Crippen MR) is 118 cm³/mol. The van der Waals surface area contributed by atoms with Crippen molar-refractivity contribution in [2.75, 3.05) is 0 Å². The fraction of sp³-hybridized carbons (Fsp3) is 0.125. The van der Waals surface area contributed by atoms with Crippen molar-refractivity contribution < 1.29 is 9.31 Å². The Morgan fingerprint density at radius 1 is 0.897 bits per heavy atom. The second kappa shape index (κ2) is 5.61. The molecule has 1 aliphatic rings. The Balaban J connectivity index is 1.71. The molecule has 5 heteroatoms. The van der Waals surface area contributed by atoms with Gasteiger partial charge in [0.15, 0.2) is 0 Å². The Morgan fingerprint density at radius 3 is 2.45 bits per heavy atom. The summed E-state index contributed by atoms with van der Waals surface area (Å²) in [6.07, 6.45) is 0. The number of pyridine rings is 1. The van der Waals surface area contributed by atoms with Crippen LogP contribution in [0.1, 0.15) is 13.8 Å². The van der Waals surface area contributed by atoms with Gasteiger partial charge in [0.2, 0.25) is 0 Å². The average molecular weight is 378 g/mol. The van der Waals surface area contributed by atoms with Gasteiger partial charge in [-0.15, -0.1) is 0 Å². The summed E-state index contributed by atoms with van der Waals surface area (Å²) < 4.78 is 14.3. The number of aromatic nitrogens is 2. The summed E-state index contributed by atoms with van der Waals surface area (Å²) in [7, 11) is -0.460. The minimum Gasteiger partial charge on any atom is -0.534 e. The monoisotopic (exact) mass is 378 g/mol. The lowest BCUT2D eigenvalue weighted by atomic mass is 9.78. The zero-order valence-electron chi connectivity index (χ0n) is 16.3. The summed E-state index contributed by atoms with van der Waals surface area (Å²) in [4.78, 5) is 4.97. The van der Waals surface area contributed by atoms with E-state index in [9.17, 15) is 0 Å². The van der Waals surface area contributed by atoms with E-state index in [4.69, 9.17) is 14.3 Å². The van der Waals surface area contributed by atoms with Crippen LogP contribution in [0.4, 0.5) is 0 Å². The summed E-state index contributed by atoms with van der Waals surface area (Å²) in [6.45, 7) is 7.95. The van der Waals surface area contributed by atoms with Gasteiger partial charge in [-0.05, 0) is 49.0 Å². The molecule has 4 nitrogen and oxygen atoms in total. The molecule has 6 rings (SSSR count). The van der Waals surface area contributed by atoms with Gasteiger partial charge in [0.05, 0.1) is 22.3 Å². The van der Waals surface area contributed by atoms with Gasteiger partial charge in [-0.2, -0.15) is 0 Å². The zero-order valence-corrected chi connectivity index (χ0v) is 16.3. The highest BCUT2D eigenvalue weighted by molar-refractivity contribution is 6.62. The van der Waals surface area contributed by atoms with Crippen molar-refractivity contribution in [2.24, 2.45) is 0 Å². The molecule has 0 N–H and O–H groups in total. The van der Waals surface area contributed by atoms with Crippen molar-refractivity contribution in [2.45, 2.75) is 19.4 Å². The van der Waals surface area contributed by atoms with Crippen LogP contribution >= 0.6 is 0 Å². The topological polar surface area (TPSA) is 35.8 Å². The molecule has 140 valence electrons. The minimum absolute atomic E-state index is 0.460. The molecule has 1 saturated heterocycles. The van der Waals surface area contributed by atoms with Crippen molar-refractivity contribution in [3.8, 4) is 0 Å². The first-order valence-corrected chi connectivity index (χ1v) is 9.78. The van der Waals surface area contributed by atoms with Crippen molar-refractivity contribution in [1.82, 2.24) is 9.38 Å². The predicted octanol–water partition coefficient (Wildman–Crippen LogP) is 4.83. The fourth-order valence-corrected chi connectivity index (χ4v) is 4.24. The van der Waals surface area contributed by atoms with Crippen LogP contribution < -0.4 is 5.46 Å². The SMILES string of the molecule is C=C1OB(c2ccc3c4ccccc4n4c5ccccc5nc4c3c2)OC1(C)C. The molecule has 3 heterocycles. The number of fused-ring (bicyclic) bond motifs is 8. The lowest BCUT2D eigenvalue weighted by Crippen LogP contribution is -2.34. The Hall–Kier alpha value is -3.31. The molecule has 3 aromatic carbocycles. The van der Waals surface area contributed by atoms with Crippen LogP contribution in [0.25, 0.3) is 38.4 Å². The van der Waals surface area contributed by atoms with Crippen LogP contribution in [0.3, 0.4) is 0 Å². The number of para-hydroxylation sites is 3. The van der Waals surface area contributed by atoms with Gasteiger partial charge in [0, 0.05) is 10.8 Å². The smallest absolute Gasteiger partial charge is 0.534 e. The minimum atomic E-state index is -0.500. The molecule has 1 aliphatic heterocycles. The lowest BCUT2D eigenvalue weighted by Gasteiger charge is -2.15. The fourth-order valence-electron chi connectivity index (χ4n) is 4.24. The summed E-state index contributed by atoms with van der Waals surface area (Å²) in [5.41, 5.74) is 4.65. The molecule has 5 aromatic rings. The summed E-state index contributed by atoms with van der Waals surface area (Å²) in [6, 6.07) is 23.1. The molecule has 0 amide bonds. The normalized spacial score (nSPS) is 16.3. The largest absolute Gasteiger partial charge is 0.563 e. The summed E-state index contributed by atoms with van der Waals surface area (Å²) in [5, 5.41) is 3.45. The first-order valence-electron chi connectivity index (χ1n) is 9.78. The zero-order chi connectivity index (χ0) is 19.8. The van der Waals surface area contributed by atoms with E-state index in [0.29, 0.717) is 5.76 Å². The molecule has 0 atom stereocenters. The third-order valence-corrected chi connectivity index (χ3v) is 5.88. The van der Waals surface area contributed by atoms with Crippen molar-refractivity contribution in [3.63, 3.8) is 0 Å². The van der Waals surface area contributed by atoms with E-state index in [-0.39, 0.29) is 0 Å². The first-order chi connectivity index (χ1) is 14.0. The van der Waals surface area contributed by atoms with Gasteiger partial charge in [0.1, 0.15) is 11.2 Å². The second-order valence-corrected chi connectivity index (χ2v) is 8.08. The molecule has 0 saturated carbocycles. The Labute approximate surface area is 168 Å². The Bertz CT molecular complexity index is 1470. The maximum atomic E-state index is 6.11. The molecule has 0 aliphatic carbocycles. The van der Waals surface area contributed by atoms with Crippen LogP contribution in [-0.4, -0.2) is 22.1 Å². The van der Waals surface area contributed by atoms with E-state index in [1.54, 1.807) is 0 Å². The van der Waals surface area contributed by atoms with Crippen LogP contribution in [0.5, 0.6) is 0 Å². The van der Waals surface area contributed by atoms with Gasteiger partial charge in [-0.1, -0.05) is 49.0 Å². The summed E-state index contributed by atoms with van der Waals surface area (Å²) in [5.74, 6) is 0.651. The number of rotatable bonds is 1. The van der Waals surface area contributed by atoms with Crippen molar-refractivity contribution in [1.29, 1.82) is 0 Å². The highest BCUT2D eigenvalue weighted by atomic mass is 16.7. The third kappa shape index (κ3) is 2.28. The average Bonchev–Trinajstić information content (AvgIpc) is 3.25.